The molecule has 23 heavy (non-hydrogen) atoms. The summed E-state index contributed by atoms with van der Waals surface area (Å²) in [6, 6.07) is 9.89. The molecular weight excluding hydrogens is 358 g/mol. The number of hydrogen-bond acceptors (Lipinski definition) is 5. The number of piperazine rings is 1. The van der Waals surface area contributed by atoms with Crippen molar-refractivity contribution in [3.05, 3.63) is 40.6 Å². The summed E-state index contributed by atoms with van der Waals surface area (Å²) in [4.78, 5) is 23.7. The molecule has 7 heteroatoms. The maximum absolute atomic E-state index is 10.8. The van der Waals surface area contributed by atoms with E-state index in [1.807, 2.05) is 37.3 Å². The SMILES string of the molecule is Cc1nc(Nc2ccc(Br)cc2)cc(N2CCN(C=O)CC2)n1. The number of rotatable bonds is 4. The molecule has 6 nitrogen and oxygen atoms in total. The summed E-state index contributed by atoms with van der Waals surface area (Å²) in [5.41, 5.74) is 0.975. The Morgan fingerprint density at radius 3 is 2.48 bits per heavy atom. The van der Waals surface area contributed by atoms with Crippen LogP contribution >= 0.6 is 15.9 Å². The van der Waals surface area contributed by atoms with E-state index in [4.69, 9.17) is 0 Å². The Morgan fingerprint density at radius 2 is 1.83 bits per heavy atom. The molecule has 1 fully saturated rings. The molecule has 0 radical (unpaired) electrons. The summed E-state index contributed by atoms with van der Waals surface area (Å²) in [5, 5.41) is 3.31. The number of halogens is 1. The fourth-order valence-electron chi connectivity index (χ4n) is 2.52. The van der Waals surface area contributed by atoms with Gasteiger partial charge in [0.15, 0.2) is 0 Å². The Kier molecular flexibility index (Phi) is 4.76. The van der Waals surface area contributed by atoms with Crippen LogP contribution < -0.4 is 10.2 Å². The topological polar surface area (TPSA) is 61.4 Å². The molecule has 120 valence electrons. The van der Waals surface area contributed by atoms with E-state index in [0.29, 0.717) is 0 Å². The lowest BCUT2D eigenvalue weighted by atomic mass is 10.3. The Labute approximate surface area is 143 Å². The zero-order valence-corrected chi connectivity index (χ0v) is 14.5. The first-order chi connectivity index (χ1) is 11.1. The molecule has 0 spiro atoms. The van der Waals surface area contributed by atoms with E-state index in [1.54, 1.807) is 4.90 Å². The van der Waals surface area contributed by atoms with Crippen LogP contribution in [0.3, 0.4) is 0 Å². The maximum atomic E-state index is 10.8. The van der Waals surface area contributed by atoms with Crippen molar-refractivity contribution in [2.75, 3.05) is 36.4 Å². The average molecular weight is 376 g/mol. The Hall–Kier alpha value is -2.15. The number of hydrogen-bond donors (Lipinski definition) is 1. The Balaban J connectivity index is 1.76. The summed E-state index contributed by atoms with van der Waals surface area (Å²) in [5.74, 6) is 2.38. The molecule has 1 aromatic heterocycles. The standard InChI is InChI=1S/C16H18BrN5O/c1-12-18-15(20-14-4-2-13(17)3-5-14)10-16(19-12)22-8-6-21(11-23)7-9-22/h2-5,10-11H,6-9H2,1H3,(H,18,19,20). The van der Waals surface area contributed by atoms with Crippen LogP contribution in [-0.4, -0.2) is 47.5 Å². The Bertz CT molecular complexity index is 683. The van der Waals surface area contributed by atoms with Gasteiger partial charge in [0.2, 0.25) is 6.41 Å². The van der Waals surface area contributed by atoms with E-state index < -0.39 is 0 Å². The lowest BCUT2D eigenvalue weighted by molar-refractivity contribution is -0.118. The van der Waals surface area contributed by atoms with Crippen molar-refractivity contribution in [3.63, 3.8) is 0 Å². The molecule has 0 bridgehead atoms. The van der Waals surface area contributed by atoms with Crippen LogP contribution in [0.5, 0.6) is 0 Å². The number of carbonyl (C=O) groups excluding carboxylic acids is 1. The predicted octanol–water partition coefficient (Wildman–Crippen LogP) is 2.57. The summed E-state index contributed by atoms with van der Waals surface area (Å²) >= 11 is 3.43. The molecule has 1 saturated heterocycles. The highest BCUT2D eigenvalue weighted by Crippen LogP contribution is 2.22. The molecule has 1 aliphatic rings. The summed E-state index contributed by atoms with van der Waals surface area (Å²) in [6.45, 7) is 4.90. The predicted molar refractivity (Wildman–Crippen MR) is 94.0 cm³/mol. The third-order valence-electron chi connectivity index (χ3n) is 3.73. The summed E-state index contributed by atoms with van der Waals surface area (Å²) < 4.78 is 1.04. The largest absolute Gasteiger partial charge is 0.353 e. The zero-order chi connectivity index (χ0) is 16.2. The molecule has 1 N–H and O–H groups in total. The molecule has 0 unspecified atom stereocenters. The average Bonchev–Trinajstić information content (AvgIpc) is 2.56. The molecule has 0 aliphatic carbocycles. The minimum Gasteiger partial charge on any atom is -0.353 e. The number of aromatic nitrogens is 2. The van der Waals surface area contributed by atoms with Crippen molar-refractivity contribution < 1.29 is 4.79 Å². The van der Waals surface area contributed by atoms with E-state index in [-0.39, 0.29) is 0 Å². The van der Waals surface area contributed by atoms with Crippen molar-refractivity contribution >= 4 is 39.7 Å². The van der Waals surface area contributed by atoms with Crippen LogP contribution in [0, 0.1) is 6.92 Å². The molecule has 1 aliphatic heterocycles. The zero-order valence-electron chi connectivity index (χ0n) is 12.9. The van der Waals surface area contributed by atoms with Crippen LogP contribution in [0.1, 0.15) is 5.82 Å². The number of anilines is 3. The summed E-state index contributed by atoms with van der Waals surface area (Å²) in [6.07, 6.45) is 0.906. The molecule has 3 rings (SSSR count). The van der Waals surface area contributed by atoms with Crippen LogP contribution in [0.15, 0.2) is 34.8 Å². The highest BCUT2D eigenvalue weighted by molar-refractivity contribution is 9.10. The van der Waals surface area contributed by atoms with Crippen molar-refractivity contribution in [2.24, 2.45) is 0 Å². The highest BCUT2D eigenvalue weighted by atomic mass is 79.9. The number of aryl methyl sites for hydroxylation is 1. The van der Waals surface area contributed by atoms with Gasteiger partial charge in [-0.1, -0.05) is 15.9 Å². The third-order valence-corrected chi connectivity index (χ3v) is 4.26. The fraction of sp³-hybridized carbons (Fsp3) is 0.312. The van der Waals surface area contributed by atoms with Gasteiger partial charge in [-0.25, -0.2) is 9.97 Å². The second-order valence-corrected chi connectivity index (χ2v) is 6.33. The van der Waals surface area contributed by atoms with Gasteiger partial charge in [-0.2, -0.15) is 0 Å². The van der Waals surface area contributed by atoms with Gasteiger partial charge in [-0.3, -0.25) is 4.79 Å². The molecule has 1 amide bonds. The smallest absolute Gasteiger partial charge is 0.209 e. The van der Waals surface area contributed by atoms with Gasteiger partial charge in [0.1, 0.15) is 17.5 Å². The van der Waals surface area contributed by atoms with Gasteiger partial charge >= 0.3 is 0 Å². The van der Waals surface area contributed by atoms with Crippen LogP contribution in [0.25, 0.3) is 0 Å². The van der Waals surface area contributed by atoms with Crippen LogP contribution in [0.2, 0.25) is 0 Å². The molecular formula is C16H18BrN5O. The normalized spacial score (nSPS) is 14.7. The van der Waals surface area contributed by atoms with Crippen molar-refractivity contribution in [2.45, 2.75) is 6.92 Å². The molecule has 2 heterocycles. The number of amides is 1. The fourth-order valence-corrected chi connectivity index (χ4v) is 2.78. The van der Waals surface area contributed by atoms with Crippen molar-refractivity contribution in [3.8, 4) is 0 Å². The summed E-state index contributed by atoms with van der Waals surface area (Å²) in [7, 11) is 0. The monoisotopic (exact) mass is 375 g/mol. The van der Waals surface area contributed by atoms with Crippen molar-refractivity contribution in [1.29, 1.82) is 0 Å². The van der Waals surface area contributed by atoms with Gasteiger partial charge < -0.3 is 15.1 Å². The molecule has 0 saturated carbocycles. The molecule has 2 aromatic rings. The number of nitrogens with one attached hydrogen (secondary N) is 1. The van der Waals surface area contributed by atoms with E-state index >= 15 is 0 Å². The first kappa shape index (κ1) is 15.7. The lowest BCUT2D eigenvalue weighted by Gasteiger charge is -2.33. The van der Waals surface area contributed by atoms with Gasteiger partial charge in [0.05, 0.1) is 0 Å². The third kappa shape index (κ3) is 3.98. The van der Waals surface area contributed by atoms with E-state index in [9.17, 15) is 4.79 Å². The second kappa shape index (κ2) is 6.95. The van der Waals surface area contributed by atoms with E-state index in [2.05, 4.69) is 36.1 Å². The molecule has 0 atom stereocenters. The quantitative estimate of drug-likeness (QED) is 0.832. The first-order valence-electron chi connectivity index (χ1n) is 7.46. The lowest BCUT2D eigenvalue weighted by Crippen LogP contribution is -2.46. The number of benzene rings is 1. The van der Waals surface area contributed by atoms with E-state index in [0.717, 1.165) is 60.2 Å². The van der Waals surface area contributed by atoms with Gasteiger partial charge in [-0.05, 0) is 31.2 Å². The van der Waals surface area contributed by atoms with Crippen molar-refractivity contribution in [1.82, 2.24) is 14.9 Å². The first-order valence-corrected chi connectivity index (χ1v) is 8.26. The minimum absolute atomic E-state index is 0.722. The van der Waals surface area contributed by atoms with Gasteiger partial charge in [-0.15, -0.1) is 0 Å². The number of nitrogens with zero attached hydrogens (tertiary/aromatic N) is 4. The second-order valence-electron chi connectivity index (χ2n) is 5.42. The van der Waals surface area contributed by atoms with Crippen LogP contribution in [-0.2, 0) is 4.79 Å². The number of carbonyl (C=O) groups is 1. The highest BCUT2D eigenvalue weighted by Gasteiger charge is 2.17. The van der Waals surface area contributed by atoms with Gasteiger partial charge in [0, 0.05) is 42.4 Å². The molecule has 1 aromatic carbocycles. The Morgan fingerprint density at radius 1 is 1.13 bits per heavy atom. The van der Waals surface area contributed by atoms with Crippen LogP contribution in [0.4, 0.5) is 17.3 Å². The van der Waals surface area contributed by atoms with E-state index in [1.165, 1.54) is 0 Å². The minimum atomic E-state index is 0.722. The van der Waals surface area contributed by atoms with Gasteiger partial charge in [0.25, 0.3) is 0 Å². The maximum Gasteiger partial charge on any atom is 0.209 e.